The first-order valence-electron chi connectivity index (χ1n) is 6.29. The standard InChI is InChI=1S/C14H15F2N3O2/c1-9-2-4-10(5-3-9)12-11(19-8-21-12)13(20)18-7-14(15,16)6-17/h2-5,8H,6-7,17H2,1H3,(H,18,20). The molecule has 0 aliphatic heterocycles. The van der Waals surface area contributed by atoms with Crippen LogP contribution in [0.2, 0.25) is 0 Å². The normalized spacial score (nSPS) is 11.4. The van der Waals surface area contributed by atoms with E-state index in [1.807, 2.05) is 19.1 Å². The van der Waals surface area contributed by atoms with Crippen LogP contribution in [0.15, 0.2) is 35.1 Å². The molecule has 2 rings (SSSR count). The zero-order valence-electron chi connectivity index (χ0n) is 11.4. The Bertz CT molecular complexity index is 623. The molecule has 0 spiro atoms. The van der Waals surface area contributed by atoms with Gasteiger partial charge in [0.2, 0.25) is 0 Å². The molecule has 0 aliphatic rings. The van der Waals surface area contributed by atoms with Gasteiger partial charge in [-0.2, -0.15) is 0 Å². The highest BCUT2D eigenvalue weighted by molar-refractivity contribution is 5.97. The maximum absolute atomic E-state index is 13.0. The van der Waals surface area contributed by atoms with Gasteiger partial charge in [0.1, 0.15) is 0 Å². The number of alkyl halides is 2. The first-order valence-corrected chi connectivity index (χ1v) is 6.29. The summed E-state index contributed by atoms with van der Waals surface area (Å²) in [6.07, 6.45) is 1.10. The fraction of sp³-hybridized carbons (Fsp3) is 0.286. The number of hydrogen-bond donors (Lipinski definition) is 2. The monoisotopic (exact) mass is 295 g/mol. The number of nitrogens with one attached hydrogen (secondary N) is 1. The van der Waals surface area contributed by atoms with Crippen LogP contribution in [0.5, 0.6) is 0 Å². The summed E-state index contributed by atoms with van der Waals surface area (Å²) in [5, 5.41) is 2.11. The second kappa shape index (κ2) is 6.01. The Kier molecular flexibility index (Phi) is 4.32. The third-order valence-corrected chi connectivity index (χ3v) is 2.90. The molecule has 1 aromatic heterocycles. The number of carbonyl (C=O) groups is 1. The Hall–Kier alpha value is -2.28. The Labute approximate surface area is 120 Å². The molecule has 0 saturated heterocycles. The van der Waals surface area contributed by atoms with Crippen LogP contribution in [0.4, 0.5) is 8.78 Å². The zero-order valence-corrected chi connectivity index (χ0v) is 11.4. The maximum atomic E-state index is 13.0. The molecule has 112 valence electrons. The molecule has 0 bridgehead atoms. The SMILES string of the molecule is Cc1ccc(-c2ocnc2C(=O)NCC(F)(F)CN)cc1. The summed E-state index contributed by atoms with van der Waals surface area (Å²) in [5.74, 6) is -3.64. The predicted octanol–water partition coefficient (Wildman–Crippen LogP) is 1.97. The van der Waals surface area contributed by atoms with Crippen LogP contribution in [0.1, 0.15) is 16.1 Å². The first kappa shape index (κ1) is 15.1. The fourth-order valence-corrected chi connectivity index (χ4v) is 1.68. The highest BCUT2D eigenvalue weighted by Gasteiger charge is 2.28. The number of halogens is 2. The molecule has 0 radical (unpaired) electrons. The van der Waals surface area contributed by atoms with E-state index < -0.39 is 24.9 Å². The topological polar surface area (TPSA) is 81.2 Å². The molecule has 21 heavy (non-hydrogen) atoms. The van der Waals surface area contributed by atoms with Crippen molar-refractivity contribution in [2.45, 2.75) is 12.8 Å². The lowest BCUT2D eigenvalue weighted by Crippen LogP contribution is -2.41. The largest absolute Gasteiger partial charge is 0.443 e. The molecule has 0 unspecified atom stereocenters. The quantitative estimate of drug-likeness (QED) is 0.883. The van der Waals surface area contributed by atoms with Crippen LogP contribution < -0.4 is 11.1 Å². The molecule has 0 saturated carbocycles. The minimum Gasteiger partial charge on any atom is -0.443 e. The summed E-state index contributed by atoms with van der Waals surface area (Å²) < 4.78 is 31.3. The van der Waals surface area contributed by atoms with Crippen molar-refractivity contribution in [1.82, 2.24) is 10.3 Å². The van der Waals surface area contributed by atoms with Gasteiger partial charge >= 0.3 is 0 Å². The molecule has 1 aromatic carbocycles. The number of benzene rings is 1. The van der Waals surface area contributed by atoms with Crippen molar-refractivity contribution >= 4 is 5.91 Å². The van der Waals surface area contributed by atoms with Crippen molar-refractivity contribution in [3.63, 3.8) is 0 Å². The van der Waals surface area contributed by atoms with Gasteiger partial charge in [-0.3, -0.25) is 4.79 Å². The summed E-state index contributed by atoms with van der Waals surface area (Å²) in [7, 11) is 0. The van der Waals surface area contributed by atoms with Crippen LogP contribution in [-0.4, -0.2) is 29.9 Å². The van der Waals surface area contributed by atoms with E-state index in [1.165, 1.54) is 0 Å². The van der Waals surface area contributed by atoms with E-state index in [2.05, 4.69) is 10.3 Å². The maximum Gasteiger partial charge on any atom is 0.277 e. The van der Waals surface area contributed by atoms with Crippen LogP contribution in [0, 0.1) is 6.92 Å². The highest BCUT2D eigenvalue weighted by Crippen LogP contribution is 2.23. The van der Waals surface area contributed by atoms with Gasteiger partial charge < -0.3 is 15.5 Å². The molecule has 1 amide bonds. The lowest BCUT2D eigenvalue weighted by atomic mass is 10.1. The number of aromatic nitrogens is 1. The fourth-order valence-electron chi connectivity index (χ4n) is 1.68. The smallest absolute Gasteiger partial charge is 0.277 e. The number of oxazole rings is 1. The van der Waals surface area contributed by atoms with Crippen LogP contribution >= 0.6 is 0 Å². The minimum atomic E-state index is -3.15. The van der Waals surface area contributed by atoms with Crippen LogP contribution in [0.25, 0.3) is 11.3 Å². The van der Waals surface area contributed by atoms with Gasteiger partial charge in [-0.1, -0.05) is 29.8 Å². The second-order valence-corrected chi connectivity index (χ2v) is 4.64. The molecule has 0 atom stereocenters. The lowest BCUT2D eigenvalue weighted by Gasteiger charge is -2.14. The molecule has 2 aromatic rings. The summed E-state index contributed by atoms with van der Waals surface area (Å²) in [6, 6.07) is 7.23. The molecule has 0 fully saturated rings. The zero-order chi connectivity index (χ0) is 15.5. The number of hydrogen-bond acceptors (Lipinski definition) is 4. The van der Waals surface area contributed by atoms with E-state index in [1.54, 1.807) is 12.1 Å². The molecule has 5 nitrogen and oxygen atoms in total. The number of nitrogens with zero attached hydrogens (tertiary/aromatic N) is 1. The summed E-state index contributed by atoms with van der Waals surface area (Å²) in [6.45, 7) is 0.242. The van der Waals surface area contributed by atoms with Gasteiger partial charge in [0.05, 0.1) is 13.1 Å². The van der Waals surface area contributed by atoms with E-state index in [9.17, 15) is 13.6 Å². The average Bonchev–Trinajstić information content (AvgIpc) is 2.95. The van der Waals surface area contributed by atoms with Gasteiger partial charge in [0.15, 0.2) is 17.8 Å². The molecular weight excluding hydrogens is 280 g/mol. The summed E-state index contributed by atoms with van der Waals surface area (Å²) >= 11 is 0. The summed E-state index contributed by atoms with van der Waals surface area (Å²) in [5.41, 5.74) is 6.57. The minimum absolute atomic E-state index is 0.0355. The third kappa shape index (κ3) is 3.63. The van der Waals surface area contributed by atoms with Crippen molar-refractivity contribution in [2.24, 2.45) is 5.73 Å². The van der Waals surface area contributed by atoms with E-state index in [0.717, 1.165) is 12.0 Å². The molecule has 3 N–H and O–H groups in total. The Morgan fingerprint density at radius 2 is 2.05 bits per heavy atom. The van der Waals surface area contributed by atoms with Crippen LogP contribution in [-0.2, 0) is 0 Å². The van der Waals surface area contributed by atoms with Crippen molar-refractivity contribution < 1.29 is 18.0 Å². The van der Waals surface area contributed by atoms with Crippen LogP contribution in [0.3, 0.4) is 0 Å². The van der Waals surface area contributed by atoms with E-state index in [4.69, 9.17) is 10.2 Å². The molecule has 0 aliphatic carbocycles. The number of nitrogens with two attached hydrogens (primary N) is 1. The van der Waals surface area contributed by atoms with Gasteiger partial charge in [-0.25, -0.2) is 13.8 Å². The number of amides is 1. The van der Waals surface area contributed by atoms with Crippen molar-refractivity contribution in [2.75, 3.05) is 13.1 Å². The molecular formula is C14H15F2N3O2. The van der Waals surface area contributed by atoms with E-state index >= 15 is 0 Å². The highest BCUT2D eigenvalue weighted by atomic mass is 19.3. The van der Waals surface area contributed by atoms with Crippen molar-refractivity contribution in [3.05, 3.63) is 41.9 Å². The van der Waals surface area contributed by atoms with Gasteiger partial charge in [-0.15, -0.1) is 0 Å². The number of rotatable bonds is 5. The average molecular weight is 295 g/mol. The third-order valence-electron chi connectivity index (χ3n) is 2.90. The Balaban J connectivity index is 2.16. The van der Waals surface area contributed by atoms with Crippen molar-refractivity contribution in [1.29, 1.82) is 0 Å². The predicted molar refractivity (Wildman–Crippen MR) is 73.0 cm³/mol. The van der Waals surface area contributed by atoms with Gasteiger partial charge in [0.25, 0.3) is 11.8 Å². The van der Waals surface area contributed by atoms with Gasteiger partial charge in [0, 0.05) is 5.56 Å². The van der Waals surface area contributed by atoms with E-state index in [0.29, 0.717) is 5.56 Å². The lowest BCUT2D eigenvalue weighted by molar-refractivity contribution is 0.0118. The molecule has 1 heterocycles. The second-order valence-electron chi connectivity index (χ2n) is 4.64. The number of aryl methyl sites for hydroxylation is 1. The number of carbonyl (C=O) groups excluding carboxylic acids is 1. The molecule has 7 heteroatoms. The summed E-state index contributed by atoms with van der Waals surface area (Å²) in [4.78, 5) is 15.7. The Morgan fingerprint density at radius 1 is 1.38 bits per heavy atom. The van der Waals surface area contributed by atoms with Gasteiger partial charge in [-0.05, 0) is 6.92 Å². The first-order chi connectivity index (χ1) is 9.93. The Morgan fingerprint density at radius 3 is 2.67 bits per heavy atom. The van der Waals surface area contributed by atoms with Crippen molar-refractivity contribution in [3.8, 4) is 11.3 Å². The van der Waals surface area contributed by atoms with E-state index in [-0.39, 0.29) is 11.5 Å².